The van der Waals surface area contributed by atoms with Gasteiger partial charge in [0.05, 0.1) is 11.7 Å². The van der Waals surface area contributed by atoms with Crippen LogP contribution < -0.4 is 0 Å². The Morgan fingerprint density at radius 1 is 1.19 bits per heavy atom. The zero-order chi connectivity index (χ0) is 15.6. The zero-order valence-electron chi connectivity index (χ0n) is 10.5. The Balaban J connectivity index is 2.25. The molecule has 2 rings (SSSR count). The van der Waals surface area contributed by atoms with E-state index >= 15 is 0 Å². The first-order chi connectivity index (χ1) is 9.77. The maximum absolute atomic E-state index is 13.2. The third-order valence-electron chi connectivity index (χ3n) is 2.87. The highest BCUT2D eigenvalue weighted by atomic mass is 79.9. The molecule has 0 amide bonds. The SMILES string of the molecule is OC(Cc1cncc(Br)c1)c1ccc(F)c(C(F)(F)F)c1. The van der Waals surface area contributed by atoms with Crippen molar-refractivity contribution in [2.45, 2.75) is 18.7 Å². The molecule has 0 fully saturated rings. The number of nitrogens with zero attached hydrogens (tertiary/aromatic N) is 1. The van der Waals surface area contributed by atoms with E-state index in [9.17, 15) is 22.7 Å². The summed E-state index contributed by atoms with van der Waals surface area (Å²) in [5, 5.41) is 10.0. The first-order valence-corrected chi connectivity index (χ1v) is 6.71. The van der Waals surface area contributed by atoms with E-state index in [1.165, 1.54) is 6.20 Å². The van der Waals surface area contributed by atoms with Crippen LogP contribution in [-0.2, 0) is 12.6 Å². The standard InChI is InChI=1S/C14H10BrF4NO/c15-10-3-8(6-20-7-10)4-13(21)9-1-2-12(16)11(5-9)14(17,18)19/h1-3,5-7,13,21H,4H2. The average molecular weight is 364 g/mol. The minimum Gasteiger partial charge on any atom is -0.388 e. The molecule has 1 atom stereocenters. The minimum atomic E-state index is -4.79. The number of aromatic nitrogens is 1. The first kappa shape index (κ1) is 15.9. The predicted octanol–water partition coefficient (Wildman–Crippen LogP) is 4.28. The van der Waals surface area contributed by atoms with E-state index in [2.05, 4.69) is 20.9 Å². The second-order valence-electron chi connectivity index (χ2n) is 4.47. The monoisotopic (exact) mass is 363 g/mol. The summed E-state index contributed by atoms with van der Waals surface area (Å²) in [6.45, 7) is 0. The Morgan fingerprint density at radius 2 is 1.90 bits per heavy atom. The molecule has 1 N–H and O–H groups in total. The van der Waals surface area contributed by atoms with Crippen molar-refractivity contribution in [2.24, 2.45) is 0 Å². The molecule has 0 radical (unpaired) electrons. The van der Waals surface area contributed by atoms with Crippen molar-refractivity contribution in [2.75, 3.05) is 0 Å². The molecular formula is C14H10BrF4NO. The van der Waals surface area contributed by atoms with Crippen LogP contribution in [0.15, 0.2) is 41.1 Å². The van der Waals surface area contributed by atoms with E-state index in [0.29, 0.717) is 22.2 Å². The molecular weight excluding hydrogens is 354 g/mol. The summed E-state index contributed by atoms with van der Waals surface area (Å²) in [5.74, 6) is -1.36. The van der Waals surface area contributed by atoms with Gasteiger partial charge in [0.15, 0.2) is 0 Å². The summed E-state index contributed by atoms with van der Waals surface area (Å²) in [6.07, 6.45) is -2.84. The fourth-order valence-electron chi connectivity index (χ4n) is 1.88. The summed E-state index contributed by atoms with van der Waals surface area (Å²) in [6, 6.07) is 4.18. The number of rotatable bonds is 3. The Hall–Kier alpha value is -1.47. The first-order valence-electron chi connectivity index (χ1n) is 5.91. The zero-order valence-corrected chi connectivity index (χ0v) is 12.1. The predicted molar refractivity (Wildman–Crippen MR) is 72.0 cm³/mol. The van der Waals surface area contributed by atoms with E-state index in [0.717, 1.165) is 6.07 Å². The molecule has 2 aromatic rings. The third kappa shape index (κ3) is 4.01. The fourth-order valence-corrected chi connectivity index (χ4v) is 2.29. The van der Waals surface area contributed by atoms with Gasteiger partial charge in [0, 0.05) is 23.3 Å². The summed E-state index contributed by atoms with van der Waals surface area (Å²) < 4.78 is 51.8. The Bertz CT molecular complexity index is 645. The van der Waals surface area contributed by atoms with Gasteiger partial charge in [-0.3, -0.25) is 4.98 Å². The van der Waals surface area contributed by atoms with Crippen LogP contribution in [0.1, 0.15) is 22.8 Å². The molecule has 1 unspecified atom stereocenters. The largest absolute Gasteiger partial charge is 0.419 e. The quantitative estimate of drug-likeness (QED) is 0.825. The van der Waals surface area contributed by atoms with Crippen molar-refractivity contribution >= 4 is 15.9 Å². The maximum atomic E-state index is 13.2. The van der Waals surface area contributed by atoms with E-state index in [1.807, 2.05) is 0 Å². The van der Waals surface area contributed by atoms with Crippen molar-refractivity contribution < 1.29 is 22.7 Å². The van der Waals surface area contributed by atoms with Crippen LogP contribution in [-0.4, -0.2) is 10.1 Å². The number of alkyl halides is 3. The van der Waals surface area contributed by atoms with E-state index in [-0.39, 0.29) is 12.0 Å². The van der Waals surface area contributed by atoms with Crippen LogP contribution in [0.5, 0.6) is 0 Å². The lowest BCUT2D eigenvalue weighted by atomic mass is 10.00. The molecule has 1 aromatic heterocycles. The van der Waals surface area contributed by atoms with Crippen LogP contribution in [0, 0.1) is 5.82 Å². The van der Waals surface area contributed by atoms with Gasteiger partial charge in [-0.2, -0.15) is 13.2 Å². The molecule has 0 spiro atoms. The maximum Gasteiger partial charge on any atom is 0.419 e. The molecule has 1 aromatic carbocycles. The van der Waals surface area contributed by atoms with Crippen LogP contribution in [0.4, 0.5) is 17.6 Å². The van der Waals surface area contributed by atoms with E-state index in [4.69, 9.17) is 0 Å². The highest BCUT2D eigenvalue weighted by Gasteiger charge is 2.34. The lowest BCUT2D eigenvalue weighted by molar-refractivity contribution is -0.140. The van der Waals surface area contributed by atoms with Crippen LogP contribution in [0.2, 0.25) is 0 Å². The highest BCUT2D eigenvalue weighted by Crippen LogP contribution is 2.33. The number of aliphatic hydroxyl groups is 1. The third-order valence-corrected chi connectivity index (χ3v) is 3.30. The molecule has 0 aliphatic heterocycles. The molecule has 0 saturated carbocycles. The van der Waals surface area contributed by atoms with Gasteiger partial charge in [-0.05, 0) is 45.3 Å². The van der Waals surface area contributed by atoms with Crippen LogP contribution in [0.3, 0.4) is 0 Å². The molecule has 0 bridgehead atoms. The Labute approximate surface area is 126 Å². The average Bonchev–Trinajstić information content (AvgIpc) is 2.37. The van der Waals surface area contributed by atoms with E-state index in [1.54, 1.807) is 12.3 Å². The lowest BCUT2D eigenvalue weighted by Gasteiger charge is -2.14. The molecule has 7 heteroatoms. The van der Waals surface area contributed by atoms with Crippen molar-refractivity contribution in [3.8, 4) is 0 Å². The molecule has 112 valence electrons. The molecule has 1 heterocycles. The summed E-state index contributed by atoms with van der Waals surface area (Å²) in [7, 11) is 0. The van der Waals surface area contributed by atoms with Gasteiger partial charge < -0.3 is 5.11 Å². The minimum absolute atomic E-state index is 0.00343. The summed E-state index contributed by atoms with van der Waals surface area (Å²) >= 11 is 3.21. The topological polar surface area (TPSA) is 33.1 Å². The molecule has 21 heavy (non-hydrogen) atoms. The summed E-state index contributed by atoms with van der Waals surface area (Å²) in [4.78, 5) is 3.90. The van der Waals surface area contributed by atoms with Gasteiger partial charge in [-0.15, -0.1) is 0 Å². The van der Waals surface area contributed by atoms with Gasteiger partial charge in [-0.1, -0.05) is 6.07 Å². The van der Waals surface area contributed by atoms with Gasteiger partial charge in [0.2, 0.25) is 0 Å². The molecule has 0 aliphatic carbocycles. The fraction of sp³-hybridized carbons (Fsp3) is 0.214. The Morgan fingerprint density at radius 3 is 2.52 bits per heavy atom. The highest BCUT2D eigenvalue weighted by molar-refractivity contribution is 9.10. The number of pyridine rings is 1. The van der Waals surface area contributed by atoms with Gasteiger partial charge in [-0.25, -0.2) is 4.39 Å². The number of hydrogen-bond acceptors (Lipinski definition) is 2. The van der Waals surface area contributed by atoms with Crippen molar-refractivity contribution in [1.29, 1.82) is 0 Å². The van der Waals surface area contributed by atoms with Crippen molar-refractivity contribution in [3.05, 3.63) is 63.6 Å². The van der Waals surface area contributed by atoms with Gasteiger partial charge >= 0.3 is 6.18 Å². The van der Waals surface area contributed by atoms with Gasteiger partial charge in [0.1, 0.15) is 5.82 Å². The Kier molecular flexibility index (Phi) is 4.63. The van der Waals surface area contributed by atoms with Crippen molar-refractivity contribution in [1.82, 2.24) is 4.98 Å². The second kappa shape index (κ2) is 6.11. The number of aliphatic hydroxyl groups excluding tert-OH is 1. The van der Waals surface area contributed by atoms with Crippen molar-refractivity contribution in [3.63, 3.8) is 0 Å². The number of benzene rings is 1. The molecule has 0 aliphatic rings. The smallest absolute Gasteiger partial charge is 0.388 e. The molecule has 2 nitrogen and oxygen atoms in total. The van der Waals surface area contributed by atoms with Crippen LogP contribution in [0.25, 0.3) is 0 Å². The lowest BCUT2D eigenvalue weighted by Crippen LogP contribution is -2.11. The van der Waals surface area contributed by atoms with Crippen LogP contribution >= 0.6 is 15.9 Å². The van der Waals surface area contributed by atoms with Gasteiger partial charge in [0.25, 0.3) is 0 Å². The van der Waals surface area contributed by atoms with E-state index < -0.39 is 23.7 Å². The summed E-state index contributed by atoms with van der Waals surface area (Å²) in [5.41, 5.74) is -0.732. The second-order valence-corrected chi connectivity index (χ2v) is 5.38. The normalized spacial score (nSPS) is 13.2. The number of halogens is 5. The number of hydrogen-bond donors (Lipinski definition) is 1. The molecule has 0 saturated heterocycles.